The summed E-state index contributed by atoms with van der Waals surface area (Å²) in [5.41, 5.74) is 4.46. The summed E-state index contributed by atoms with van der Waals surface area (Å²) in [6.45, 7) is 6.54. The fourth-order valence-corrected chi connectivity index (χ4v) is 6.96. The maximum absolute atomic E-state index is 13.1. The number of piperidine rings is 2. The number of likely N-dealkylation sites (tertiary alicyclic amines) is 2. The third kappa shape index (κ3) is 7.59. The molecule has 2 N–H and O–H groups in total. The lowest BCUT2D eigenvalue weighted by Crippen LogP contribution is -2.43. The zero-order valence-corrected chi connectivity index (χ0v) is 26.7. The van der Waals surface area contributed by atoms with E-state index in [9.17, 15) is 14.4 Å². The molecule has 0 bridgehead atoms. The van der Waals surface area contributed by atoms with Crippen molar-refractivity contribution in [3.63, 3.8) is 0 Å². The maximum Gasteiger partial charge on any atom is 0.411 e. The average Bonchev–Trinajstić information content (AvgIpc) is 3.44. The van der Waals surface area contributed by atoms with Gasteiger partial charge < -0.3 is 19.9 Å². The van der Waals surface area contributed by atoms with Gasteiger partial charge in [0.15, 0.2) is 0 Å². The van der Waals surface area contributed by atoms with Gasteiger partial charge >= 0.3 is 6.09 Å². The monoisotopic (exact) mass is 623 g/mol. The van der Waals surface area contributed by atoms with Gasteiger partial charge in [-0.3, -0.25) is 19.8 Å². The molecule has 242 valence electrons. The number of amides is 3. The van der Waals surface area contributed by atoms with Gasteiger partial charge in [0, 0.05) is 57.4 Å². The number of anilines is 1. The molecule has 3 aliphatic rings. The molecule has 3 amide bonds. The second-order valence-corrected chi connectivity index (χ2v) is 13.0. The van der Waals surface area contributed by atoms with Crippen molar-refractivity contribution in [1.82, 2.24) is 20.0 Å². The van der Waals surface area contributed by atoms with Crippen LogP contribution in [0.15, 0.2) is 78.9 Å². The first-order chi connectivity index (χ1) is 22.4. The molecule has 1 spiro atoms. The van der Waals surface area contributed by atoms with Gasteiger partial charge in [-0.2, -0.15) is 0 Å². The number of carbonyl (C=O) groups is 3. The van der Waals surface area contributed by atoms with Crippen LogP contribution in [0.3, 0.4) is 0 Å². The summed E-state index contributed by atoms with van der Waals surface area (Å²) in [5.74, 6) is 0.253. The van der Waals surface area contributed by atoms with Crippen LogP contribution >= 0.6 is 0 Å². The Labute approximate surface area is 271 Å². The highest BCUT2D eigenvalue weighted by Gasteiger charge is 2.44. The van der Waals surface area contributed by atoms with E-state index >= 15 is 0 Å². The molecule has 0 saturated carbocycles. The van der Waals surface area contributed by atoms with Crippen molar-refractivity contribution in [2.24, 2.45) is 5.41 Å². The molecular formula is C37H45N5O4. The van der Waals surface area contributed by atoms with Crippen LogP contribution in [0.2, 0.25) is 0 Å². The van der Waals surface area contributed by atoms with Crippen molar-refractivity contribution in [3.8, 4) is 11.1 Å². The molecule has 9 heteroatoms. The Kier molecular flexibility index (Phi) is 10.00. The van der Waals surface area contributed by atoms with E-state index < -0.39 is 6.09 Å². The van der Waals surface area contributed by atoms with E-state index in [0.717, 1.165) is 94.7 Å². The van der Waals surface area contributed by atoms with Crippen LogP contribution in [0, 0.1) is 5.41 Å². The highest BCUT2D eigenvalue weighted by Crippen LogP contribution is 2.38. The molecule has 3 aromatic rings. The Bertz CT molecular complexity index is 1500. The molecule has 6 rings (SSSR count). The highest BCUT2D eigenvalue weighted by atomic mass is 16.6. The number of likely N-dealkylation sites (N-methyl/N-ethyl adjacent to an activating group) is 1. The third-order valence-electron chi connectivity index (χ3n) is 9.95. The first-order valence-electron chi connectivity index (χ1n) is 16.6. The standard InChI is InChI=1S/C37H45N5O4/c1-40(34(43)30-13-11-28(12-14-30)27-42-23-18-37(19-24-42)17-20-38-35(37)44)25-26-41-21-15-31(16-22-41)46-36(45)39-33-10-6-5-9-32(33)29-7-3-2-4-8-29/h2-14,31H,15-27H2,1H3,(H,38,44)(H,39,45). The van der Waals surface area contributed by atoms with Crippen molar-refractivity contribution in [1.29, 1.82) is 0 Å². The molecule has 3 saturated heterocycles. The molecule has 3 aliphatic heterocycles. The highest BCUT2D eigenvalue weighted by molar-refractivity contribution is 5.94. The van der Waals surface area contributed by atoms with Gasteiger partial charge in [-0.05, 0) is 74.5 Å². The van der Waals surface area contributed by atoms with Gasteiger partial charge in [0.2, 0.25) is 5.91 Å². The molecule has 0 radical (unpaired) electrons. The predicted octanol–water partition coefficient (Wildman–Crippen LogP) is 5.24. The molecule has 3 aromatic carbocycles. The Balaban J connectivity index is 0.901. The van der Waals surface area contributed by atoms with Gasteiger partial charge in [-0.1, -0.05) is 60.7 Å². The third-order valence-corrected chi connectivity index (χ3v) is 9.95. The number of hydrogen-bond donors (Lipinski definition) is 2. The number of ether oxygens (including phenoxy) is 1. The fourth-order valence-electron chi connectivity index (χ4n) is 6.96. The van der Waals surface area contributed by atoms with Crippen LogP contribution < -0.4 is 10.6 Å². The largest absolute Gasteiger partial charge is 0.446 e. The molecule has 0 aromatic heterocycles. The van der Waals surface area contributed by atoms with Crippen LogP contribution in [0.4, 0.5) is 10.5 Å². The normalized spacial score (nSPS) is 18.7. The van der Waals surface area contributed by atoms with Gasteiger partial charge in [0.1, 0.15) is 6.10 Å². The summed E-state index contributed by atoms with van der Waals surface area (Å²) in [6, 6.07) is 25.7. The number of benzene rings is 3. The Hall–Kier alpha value is -4.21. The first kappa shape index (κ1) is 31.8. The van der Waals surface area contributed by atoms with Crippen molar-refractivity contribution in [2.45, 2.75) is 44.8 Å². The molecule has 3 heterocycles. The lowest BCUT2D eigenvalue weighted by atomic mass is 9.77. The molecular weight excluding hydrogens is 578 g/mol. The molecule has 0 atom stereocenters. The molecule has 0 unspecified atom stereocenters. The van der Waals surface area contributed by atoms with Crippen LogP contribution in [0.1, 0.15) is 48.0 Å². The Morgan fingerprint density at radius 2 is 1.59 bits per heavy atom. The van der Waals surface area contributed by atoms with Gasteiger partial charge in [0.05, 0.1) is 11.1 Å². The van der Waals surface area contributed by atoms with Gasteiger partial charge in [0.25, 0.3) is 5.91 Å². The minimum absolute atomic E-state index is 0.0179. The fraction of sp³-hybridized carbons (Fsp3) is 0.432. The number of nitrogens with zero attached hydrogens (tertiary/aromatic N) is 3. The maximum atomic E-state index is 13.1. The molecule has 3 fully saturated rings. The molecule has 9 nitrogen and oxygen atoms in total. The molecule has 46 heavy (non-hydrogen) atoms. The summed E-state index contributed by atoms with van der Waals surface area (Å²) in [5, 5.41) is 5.94. The number of rotatable bonds is 9. The minimum Gasteiger partial charge on any atom is -0.446 e. The van der Waals surface area contributed by atoms with Crippen molar-refractivity contribution in [3.05, 3.63) is 90.0 Å². The number of carbonyl (C=O) groups excluding carboxylic acids is 3. The topological polar surface area (TPSA) is 94.2 Å². The Morgan fingerprint density at radius 3 is 2.28 bits per heavy atom. The van der Waals surface area contributed by atoms with E-state index in [2.05, 4.69) is 32.6 Å². The van der Waals surface area contributed by atoms with Crippen molar-refractivity contribution < 1.29 is 19.1 Å². The molecule has 0 aliphatic carbocycles. The summed E-state index contributed by atoms with van der Waals surface area (Å²) in [6.07, 6.45) is 3.76. The number of nitrogens with one attached hydrogen (secondary N) is 2. The number of hydrogen-bond acceptors (Lipinski definition) is 6. The SMILES string of the molecule is CN(CCN1CCC(OC(=O)Nc2ccccc2-c2ccccc2)CC1)C(=O)c1ccc(CN2CCC3(CCNC3=O)CC2)cc1. The van der Waals surface area contributed by atoms with E-state index in [1.807, 2.05) is 73.8 Å². The van der Waals surface area contributed by atoms with Gasteiger partial charge in [-0.15, -0.1) is 0 Å². The van der Waals surface area contributed by atoms with Crippen molar-refractivity contribution in [2.75, 3.05) is 58.2 Å². The quantitative estimate of drug-likeness (QED) is 0.339. The summed E-state index contributed by atoms with van der Waals surface area (Å²) in [7, 11) is 1.85. The van der Waals surface area contributed by atoms with Crippen LogP contribution in [0.5, 0.6) is 0 Å². The van der Waals surface area contributed by atoms with Crippen molar-refractivity contribution >= 4 is 23.6 Å². The van der Waals surface area contributed by atoms with Gasteiger partial charge in [-0.25, -0.2) is 4.79 Å². The van der Waals surface area contributed by atoms with E-state index in [1.54, 1.807) is 4.90 Å². The minimum atomic E-state index is -0.430. The van der Waals surface area contributed by atoms with Crippen LogP contribution in [-0.4, -0.2) is 91.6 Å². The average molecular weight is 624 g/mol. The second-order valence-electron chi connectivity index (χ2n) is 13.0. The van der Waals surface area contributed by atoms with E-state index in [-0.39, 0.29) is 23.3 Å². The first-order valence-corrected chi connectivity index (χ1v) is 16.6. The summed E-state index contributed by atoms with van der Waals surface area (Å²) in [4.78, 5) is 44.7. The summed E-state index contributed by atoms with van der Waals surface area (Å²) < 4.78 is 5.78. The van der Waals surface area contributed by atoms with E-state index in [4.69, 9.17) is 4.74 Å². The zero-order chi connectivity index (χ0) is 31.9. The van der Waals surface area contributed by atoms with Crippen LogP contribution in [0.25, 0.3) is 11.1 Å². The smallest absolute Gasteiger partial charge is 0.411 e. The number of para-hydroxylation sites is 1. The lowest BCUT2D eigenvalue weighted by molar-refractivity contribution is -0.130. The zero-order valence-electron chi connectivity index (χ0n) is 26.7. The second kappa shape index (κ2) is 14.5. The van der Waals surface area contributed by atoms with E-state index in [1.165, 1.54) is 5.56 Å². The Morgan fingerprint density at radius 1 is 0.891 bits per heavy atom. The van der Waals surface area contributed by atoms with Crippen LogP contribution in [-0.2, 0) is 16.1 Å². The summed E-state index contributed by atoms with van der Waals surface area (Å²) >= 11 is 0. The van der Waals surface area contributed by atoms with E-state index in [0.29, 0.717) is 12.1 Å². The predicted molar refractivity (Wildman–Crippen MR) is 179 cm³/mol. The lowest BCUT2D eigenvalue weighted by Gasteiger charge is -2.37.